The minimum atomic E-state index is -3.92. The number of nitrogens with zero attached hydrogens (tertiary/aromatic N) is 2. The van der Waals surface area contributed by atoms with Crippen LogP contribution in [0.25, 0.3) is 5.69 Å². The zero-order chi connectivity index (χ0) is 19.3. The third-order valence-corrected chi connectivity index (χ3v) is 4.91. The molecule has 0 fully saturated rings. The fourth-order valence-corrected chi connectivity index (χ4v) is 3.21. The van der Waals surface area contributed by atoms with Gasteiger partial charge in [-0.2, -0.15) is 0 Å². The quantitative estimate of drug-likeness (QED) is 0.604. The standard InChI is InChI=1S/C18H18N4O4S/c1-2-26-15-8-10-16(11-9-15)27(24,25)21-20-18(23)17-12-19-13-22(17)14-6-4-3-5-7-14/h3-13,21H,2H2,1H3,(H,20,23). The van der Waals surface area contributed by atoms with Gasteiger partial charge in [0.15, 0.2) is 0 Å². The molecule has 0 saturated carbocycles. The molecule has 0 bridgehead atoms. The van der Waals surface area contributed by atoms with Crippen LogP contribution in [0, 0.1) is 0 Å². The second-order valence-electron chi connectivity index (χ2n) is 5.45. The maximum absolute atomic E-state index is 12.4. The van der Waals surface area contributed by atoms with Crippen LogP contribution in [0.4, 0.5) is 0 Å². The molecule has 3 aromatic rings. The number of aromatic nitrogens is 2. The topological polar surface area (TPSA) is 102 Å². The highest BCUT2D eigenvalue weighted by molar-refractivity contribution is 7.89. The number of benzene rings is 2. The Morgan fingerprint density at radius 2 is 1.81 bits per heavy atom. The van der Waals surface area contributed by atoms with E-state index in [1.54, 1.807) is 16.7 Å². The maximum atomic E-state index is 12.4. The van der Waals surface area contributed by atoms with Crippen molar-refractivity contribution in [1.82, 2.24) is 19.8 Å². The van der Waals surface area contributed by atoms with Crippen LogP contribution in [-0.4, -0.2) is 30.5 Å². The molecule has 2 N–H and O–H groups in total. The Bertz CT molecular complexity index is 1020. The van der Waals surface area contributed by atoms with E-state index in [0.717, 1.165) is 5.69 Å². The number of ether oxygens (including phenoxy) is 1. The van der Waals surface area contributed by atoms with Gasteiger partial charge >= 0.3 is 0 Å². The smallest absolute Gasteiger partial charge is 0.284 e. The molecule has 1 amide bonds. The van der Waals surface area contributed by atoms with Gasteiger partial charge < -0.3 is 4.74 Å². The summed E-state index contributed by atoms with van der Waals surface area (Å²) in [5.74, 6) is -0.0712. The summed E-state index contributed by atoms with van der Waals surface area (Å²) < 4.78 is 31.5. The first kappa shape index (κ1) is 18.6. The molecule has 3 rings (SSSR count). The molecule has 2 aromatic carbocycles. The number of carbonyl (C=O) groups is 1. The summed E-state index contributed by atoms with van der Waals surface area (Å²) in [5, 5.41) is 0. The van der Waals surface area contributed by atoms with Crippen LogP contribution in [-0.2, 0) is 10.0 Å². The second kappa shape index (κ2) is 8.02. The molecule has 0 aliphatic rings. The minimum absolute atomic E-state index is 0.00261. The van der Waals surface area contributed by atoms with E-state index in [0.29, 0.717) is 12.4 Å². The van der Waals surface area contributed by atoms with Gasteiger partial charge in [-0.3, -0.25) is 14.8 Å². The number of hydrogen-bond donors (Lipinski definition) is 2. The van der Waals surface area contributed by atoms with E-state index in [4.69, 9.17) is 4.74 Å². The van der Waals surface area contributed by atoms with Gasteiger partial charge in [-0.25, -0.2) is 13.4 Å². The van der Waals surface area contributed by atoms with Crippen molar-refractivity contribution in [2.75, 3.05) is 6.61 Å². The lowest BCUT2D eigenvalue weighted by molar-refractivity contribution is 0.0938. The maximum Gasteiger partial charge on any atom is 0.284 e. The Labute approximate surface area is 156 Å². The molecule has 0 radical (unpaired) electrons. The number of hydrogen-bond acceptors (Lipinski definition) is 5. The Hall–Kier alpha value is -3.17. The van der Waals surface area contributed by atoms with Gasteiger partial charge in [0.1, 0.15) is 11.4 Å². The molecule has 0 spiro atoms. The summed E-state index contributed by atoms with van der Waals surface area (Å²) in [4.78, 5) is 18.4. The molecule has 0 unspecified atom stereocenters. The first-order valence-corrected chi connectivity index (χ1v) is 9.62. The van der Waals surface area contributed by atoms with Crippen molar-refractivity contribution < 1.29 is 17.9 Å². The second-order valence-corrected chi connectivity index (χ2v) is 7.13. The van der Waals surface area contributed by atoms with Gasteiger partial charge in [0, 0.05) is 5.69 Å². The molecular weight excluding hydrogens is 368 g/mol. The van der Waals surface area contributed by atoms with Crippen molar-refractivity contribution in [3.63, 3.8) is 0 Å². The summed E-state index contributed by atoms with van der Waals surface area (Å²) >= 11 is 0. The zero-order valence-corrected chi connectivity index (χ0v) is 15.3. The number of amides is 1. The van der Waals surface area contributed by atoms with Gasteiger partial charge in [-0.05, 0) is 43.3 Å². The summed E-state index contributed by atoms with van der Waals surface area (Å²) in [6.45, 7) is 2.32. The number of rotatable bonds is 7. The van der Waals surface area contributed by atoms with Crippen LogP contribution in [0.2, 0.25) is 0 Å². The van der Waals surface area contributed by atoms with Crippen LogP contribution >= 0.6 is 0 Å². The van der Waals surface area contributed by atoms with Crippen molar-refractivity contribution in [3.8, 4) is 11.4 Å². The summed E-state index contributed by atoms with van der Waals surface area (Å²) in [6.07, 6.45) is 2.83. The molecule has 140 valence electrons. The Balaban J connectivity index is 1.71. The van der Waals surface area contributed by atoms with Gasteiger partial charge in [0.25, 0.3) is 15.9 Å². The van der Waals surface area contributed by atoms with E-state index in [1.165, 1.54) is 24.7 Å². The van der Waals surface area contributed by atoms with E-state index in [1.807, 2.05) is 37.3 Å². The highest BCUT2D eigenvalue weighted by Gasteiger charge is 2.18. The molecule has 1 heterocycles. The third-order valence-electron chi connectivity index (χ3n) is 3.65. The average Bonchev–Trinajstić information content (AvgIpc) is 3.18. The SMILES string of the molecule is CCOc1ccc(S(=O)(=O)NNC(=O)c2cncn2-c2ccccc2)cc1. The predicted molar refractivity (Wildman–Crippen MR) is 99.0 cm³/mol. The lowest BCUT2D eigenvalue weighted by Crippen LogP contribution is -2.42. The van der Waals surface area contributed by atoms with Gasteiger partial charge in [-0.1, -0.05) is 18.2 Å². The van der Waals surface area contributed by atoms with E-state index in [2.05, 4.69) is 15.2 Å². The van der Waals surface area contributed by atoms with Gasteiger partial charge in [0.05, 0.1) is 24.0 Å². The van der Waals surface area contributed by atoms with Crippen LogP contribution in [0.1, 0.15) is 17.4 Å². The molecule has 0 aliphatic carbocycles. The lowest BCUT2D eigenvalue weighted by Gasteiger charge is -2.11. The van der Waals surface area contributed by atoms with Gasteiger partial charge in [0.2, 0.25) is 0 Å². The molecular formula is C18H18N4O4S. The first-order valence-electron chi connectivity index (χ1n) is 8.14. The number of carbonyl (C=O) groups excluding carboxylic acids is 1. The fourth-order valence-electron chi connectivity index (χ4n) is 2.38. The lowest BCUT2D eigenvalue weighted by atomic mass is 10.3. The van der Waals surface area contributed by atoms with Gasteiger partial charge in [-0.15, -0.1) is 4.83 Å². The molecule has 0 aliphatic heterocycles. The van der Waals surface area contributed by atoms with Crippen molar-refractivity contribution in [2.45, 2.75) is 11.8 Å². The number of hydrazine groups is 1. The van der Waals surface area contributed by atoms with Crippen molar-refractivity contribution >= 4 is 15.9 Å². The monoisotopic (exact) mass is 386 g/mol. The number of para-hydroxylation sites is 1. The predicted octanol–water partition coefficient (Wildman–Crippen LogP) is 1.89. The molecule has 0 atom stereocenters. The van der Waals surface area contributed by atoms with E-state index in [-0.39, 0.29) is 10.6 Å². The van der Waals surface area contributed by atoms with Crippen LogP contribution in [0.3, 0.4) is 0 Å². The summed E-state index contributed by atoms with van der Waals surface area (Å²) in [6, 6.07) is 15.0. The van der Waals surface area contributed by atoms with Crippen molar-refractivity contribution in [2.24, 2.45) is 0 Å². The highest BCUT2D eigenvalue weighted by atomic mass is 32.2. The molecule has 9 heteroatoms. The largest absolute Gasteiger partial charge is 0.494 e. The summed E-state index contributed by atoms with van der Waals surface area (Å²) in [7, 11) is -3.92. The Kier molecular flexibility index (Phi) is 5.53. The van der Waals surface area contributed by atoms with Crippen LogP contribution < -0.4 is 15.0 Å². The zero-order valence-electron chi connectivity index (χ0n) is 14.5. The average molecular weight is 386 g/mol. The number of imidazole rings is 1. The first-order chi connectivity index (χ1) is 13.0. The van der Waals surface area contributed by atoms with Crippen molar-refractivity contribution in [1.29, 1.82) is 0 Å². The van der Waals surface area contributed by atoms with E-state index >= 15 is 0 Å². The molecule has 27 heavy (non-hydrogen) atoms. The highest BCUT2D eigenvalue weighted by Crippen LogP contribution is 2.15. The third kappa shape index (κ3) is 4.33. The normalized spacial score (nSPS) is 11.1. The minimum Gasteiger partial charge on any atom is -0.494 e. The number of sulfonamides is 1. The molecule has 1 aromatic heterocycles. The molecule has 8 nitrogen and oxygen atoms in total. The molecule has 0 saturated heterocycles. The number of nitrogens with one attached hydrogen (secondary N) is 2. The van der Waals surface area contributed by atoms with Crippen LogP contribution in [0.15, 0.2) is 72.0 Å². The Morgan fingerprint density at radius 1 is 1.11 bits per heavy atom. The van der Waals surface area contributed by atoms with Crippen LogP contribution in [0.5, 0.6) is 5.75 Å². The van der Waals surface area contributed by atoms with E-state index < -0.39 is 15.9 Å². The Morgan fingerprint density at radius 3 is 2.48 bits per heavy atom. The fraction of sp³-hybridized carbons (Fsp3) is 0.111. The summed E-state index contributed by atoms with van der Waals surface area (Å²) in [5.41, 5.74) is 3.13. The van der Waals surface area contributed by atoms with E-state index in [9.17, 15) is 13.2 Å². The van der Waals surface area contributed by atoms with Crippen molar-refractivity contribution in [3.05, 3.63) is 72.8 Å².